The molecule has 0 saturated heterocycles. The molecule has 0 aliphatic carbocycles. The molecule has 0 radical (unpaired) electrons. The van der Waals surface area contributed by atoms with Crippen LogP contribution in [0.1, 0.15) is 18.6 Å². The molecular weight excluding hydrogens is 218 g/mol. The Morgan fingerprint density at radius 2 is 2.13 bits per heavy atom. The quantitative estimate of drug-likeness (QED) is 0.775. The van der Waals surface area contributed by atoms with Gasteiger partial charge in [0, 0.05) is 0 Å². The number of nitrogens with zero attached hydrogens (tertiary/aromatic N) is 2. The van der Waals surface area contributed by atoms with Crippen molar-refractivity contribution in [2.45, 2.75) is 25.8 Å². The van der Waals surface area contributed by atoms with E-state index in [-0.39, 0.29) is 12.4 Å². The molecule has 0 fully saturated rings. The zero-order valence-corrected chi connectivity index (χ0v) is 7.81. The van der Waals surface area contributed by atoms with Gasteiger partial charge in [-0.1, -0.05) is 12.1 Å². The molecule has 0 aliphatic rings. The Hall–Kier alpha value is -1.18. The Kier molecular flexibility index (Phi) is 3.61. The Labute approximate surface area is 82.7 Å². The van der Waals surface area contributed by atoms with E-state index in [1.54, 1.807) is 6.92 Å². The third-order valence-electron chi connectivity index (χ3n) is 1.56. The van der Waals surface area contributed by atoms with E-state index >= 15 is 0 Å². The van der Waals surface area contributed by atoms with Crippen molar-refractivity contribution in [2.24, 2.45) is 0 Å². The third kappa shape index (κ3) is 2.65. The zero-order chi connectivity index (χ0) is 11.5. The van der Waals surface area contributed by atoms with E-state index < -0.39 is 18.2 Å². The summed E-state index contributed by atoms with van der Waals surface area (Å²) >= 11 is 0. The van der Waals surface area contributed by atoms with Gasteiger partial charge in [-0.3, -0.25) is 0 Å². The highest BCUT2D eigenvalue weighted by Gasteiger charge is 2.48. The van der Waals surface area contributed by atoms with Crippen LogP contribution in [0.5, 0.6) is 0 Å². The molecule has 0 bridgehead atoms. The number of rotatable bonds is 5. The van der Waals surface area contributed by atoms with Gasteiger partial charge in [-0.05, 0) is 6.54 Å². The first-order chi connectivity index (χ1) is 6.98. The molecule has 86 valence electrons. The Morgan fingerprint density at radius 3 is 2.67 bits per heavy atom. The molecule has 1 heterocycles. The average Bonchev–Trinajstić information content (AvgIpc) is 2.63. The van der Waals surface area contributed by atoms with E-state index in [0.717, 1.165) is 0 Å². The van der Waals surface area contributed by atoms with E-state index in [2.05, 4.69) is 20.0 Å². The van der Waals surface area contributed by atoms with Gasteiger partial charge in [0.15, 0.2) is 5.82 Å². The van der Waals surface area contributed by atoms with Crippen molar-refractivity contribution in [3.8, 4) is 0 Å². The summed E-state index contributed by atoms with van der Waals surface area (Å²) < 4.78 is 53.1. The second-order valence-corrected chi connectivity index (χ2v) is 2.72. The minimum Gasteiger partial charge on any atom is -0.332 e. The molecule has 0 aromatic carbocycles. The first-order valence-electron chi connectivity index (χ1n) is 4.18. The molecule has 0 aliphatic heterocycles. The van der Waals surface area contributed by atoms with Gasteiger partial charge in [-0.2, -0.15) is 13.8 Å². The number of aromatic nitrogens is 2. The highest BCUT2D eigenvalue weighted by atomic mass is 19.3. The van der Waals surface area contributed by atoms with Crippen molar-refractivity contribution < 1.29 is 22.1 Å². The van der Waals surface area contributed by atoms with Crippen LogP contribution in [0, 0.1) is 0 Å². The minimum absolute atomic E-state index is 0.0767. The van der Waals surface area contributed by atoms with Crippen LogP contribution in [0.3, 0.4) is 0 Å². The largest absolute Gasteiger partial charge is 0.383 e. The molecule has 0 amide bonds. The van der Waals surface area contributed by atoms with Gasteiger partial charge in [-0.25, -0.2) is 8.78 Å². The summed E-state index contributed by atoms with van der Waals surface area (Å²) in [6.07, 6.45) is -3.86. The predicted molar refractivity (Wildman–Crippen MR) is 41.6 cm³/mol. The summed E-state index contributed by atoms with van der Waals surface area (Å²) in [5, 5.41) is 5.88. The number of nitrogens with one attached hydrogen (secondary N) is 1. The average molecular weight is 227 g/mol. The second kappa shape index (κ2) is 4.56. The van der Waals surface area contributed by atoms with Gasteiger partial charge in [0.25, 0.3) is 0 Å². The summed E-state index contributed by atoms with van der Waals surface area (Å²) in [5.41, 5.74) is 0. The third-order valence-corrected chi connectivity index (χ3v) is 1.56. The summed E-state index contributed by atoms with van der Waals surface area (Å²) in [6, 6.07) is 0. The lowest BCUT2D eigenvalue weighted by molar-refractivity contribution is -0.152. The molecule has 0 saturated carbocycles. The highest BCUT2D eigenvalue weighted by Crippen LogP contribution is 2.32. The van der Waals surface area contributed by atoms with Gasteiger partial charge in [0.05, 0.1) is 6.54 Å². The smallest absolute Gasteiger partial charge is 0.332 e. The van der Waals surface area contributed by atoms with E-state index in [0.29, 0.717) is 6.54 Å². The monoisotopic (exact) mass is 227 g/mol. The molecule has 0 spiro atoms. The maximum Gasteiger partial charge on any atom is 0.383 e. The summed E-state index contributed by atoms with van der Waals surface area (Å²) in [5.74, 6) is -5.82. The fourth-order valence-electron chi connectivity index (χ4n) is 0.791. The lowest BCUT2D eigenvalue weighted by Gasteiger charge is -2.08. The zero-order valence-electron chi connectivity index (χ0n) is 7.81. The van der Waals surface area contributed by atoms with Crippen LogP contribution in [0.2, 0.25) is 0 Å². The molecule has 8 heteroatoms. The Balaban J connectivity index is 2.75. The molecule has 1 N–H and O–H groups in total. The van der Waals surface area contributed by atoms with E-state index in [1.165, 1.54) is 0 Å². The van der Waals surface area contributed by atoms with Gasteiger partial charge >= 0.3 is 18.2 Å². The molecule has 1 aromatic heterocycles. The maximum atomic E-state index is 12.6. The molecule has 15 heavy (non-hydrogen) atoms. The summed E-state index contributed by atoms with van der Waals surface area (Å²) in [4.78, 5) is 3.17. The topological polar surface area (TPSA) is 51.0 Å². The number of halogens is 4. The van der Waals surface area contributed by atoms with Crippen LogP contribution in [-0.4, -0.2) is 23.1 Å². The Bertz CT molecular complexity index is 315. The van der Waals surface area contributed by atoms with Crippen LogP contribution in [0.4, 0.5) is 17.6 Å². The van der Waals surface area contributed by atoms with Gasteiger partial charge < -0.3 is 9.84 Å². The number of hydrogen-bond donors (Lipinski definition) is 1. The van der Waals surface area contributed by atoms with Gasteiger partial charge in [-0.15, -0.1) is 0 Å². The van der Waals surface area contributed by atoms with E-state index in [1.807, 2.05) is 0 Å². The van der Waals surface area contributed by atoms with Crippen LogP contribution in [0.25, 0.3) is 0 Å². The van der Waals surface area contributed by atoms with Gasteiger partial charge in [0.2, 0.25) is 0 Å². The Morgan fingerprint density at radius 1 is 1.47 bits per heavy atom. The van der Waals surface area contributed by atoms with E-state index in [4.69, 9.17) is 0 Å². The SMILES string of the molecule is CCNCc1noc(C(F)(F)C(F)F)n1. The second-order valence-electron chi connectivity index (χ2n) is 2.72. The predicted octanol–water partition coefficient (Wildman–Crippen LogP) is 1.54. The fraction of sp³-hybridized carbons (Fsp3) is 0.714. The van der Waals surface area contributed by atoms with Gasteiger partial charge in [0.1, 0.15) is 0 Å². The van der Waals surface area contributed by atoms with Crippen molar-refractivity contribution in [1.82, 2.24) is 15.5 Å². The summed E-state index contributed by atoms with van der Waals surface area (Å²) in [7, 11) is 0. The molecule has 0 unspecified atom stereocenters. The lowest BCUT2D eigenvalue weighted by atomic mass is 10.3. The van der Waals surface area contributed by atoms with Crippen LogP contribution < -0.4 is 5.32 Å². The first kappa shape index (κ1) is 11.9. The first-order valence-corrected chi connectivity index (χ1v) is 4.18. The van der Waals surface area contributed by atoms with Crippen molar-refractivity contribution in [2.75, 3.05) is 6.54 Å². The molecule has 0 atom stereocenters. The van der Waals surface area contributed by atoms with Crippen LogP contribution in [0.15, 0.2) is 4.52 Å². The molecule has 4 nitrogen and oxygen atoms in total. The van der Waals surface area contributed by atoms with Crippen molar-refractivity contribution >= 4 is 0 Å². The standard InChI is InChI=1S/C7H9F4N3O/c1-2-12-3-4-13-6(15-14-4)7(10,11)5(8)9/h5,12H,2-3H2,1H3. The molecule has 1 aromatic rings. The molecular formula is C7H9F4N3O. The summed E-state index contributed by atoms with van der Waals surface area (Å²) in [6.45, 7) is 2.46. The van der Waals surface area contributed by atoms with Crippen molar-refractivity contribution in [3.63, 3.8) is 0 Å². The maximum absolute atomic E-state index is 12.6. The minimum atomic E-state index is -4.39. The fourth-order valence-corrected chi connectivity index (χ4v) is 0.791. The van der Waals surface area contributed by atoms with Crippen LogP contribution in [-0.2, 0) is 12.5 Å². The highest BCUT2D eigenvalue weighted by molar-refractivity contribution is 4.95. The molecule has 1 rings (SSSR count). The van der Waals surface area contributed by atoms with E-state index in [9.17, 15) is 17.6 Å². The van der Waals surface area contributed by atoms with Crippen LogP contribution >= 0.6 is 0 Å². The van der Waals surface area contributed by atoms with Crippen molar-refractivity contribution in [1.29, 1.82) is 0 Å². The van der Waals surface area contributed by atoms with Crippen molar-refractivity contribution in [3.05, 3.63) is 11.7 Å². The number of hydrogen-bond acceptors (Lipinski definition) is 4. The normalized spacial score (nSPS) is 12.4. The lowest BCUT2D eigenvalue weighted by Crippen LogP contribution is -2.24. The number of alkyl halides is 4.